The second-order valence-corrected chi connectivity index (χ2v) is 8.24. The van der Waals surface area contributed by atoms with Gasteiger partial charge in [-0.05, 0) is 12.1 Å². The lowest BCUT2D eigenvalue weighted by Gasteiger charge is -2.45. The summed E-state index contributed by atoms with van der Waals surface area (Å²) in [7, 11) is 1.18. The fourth-order valence-corrected chi connectivity index (χ4v) is 3.93. The van der Waals surface area contributed by atoms with Gasteiger partial charge in [-0.15, -0.1) is 0 Å². The van der Waals surface area contributed by atoms with E-state index < -0.39 is 79.4 Å². The molecule has 2 saturated heterocycles. The van der Waals surface area contributed by atoms with E-state index in [0.29, 0.717) is 0 Å². The highest BCUT2D eigenvalue weighted by Gasteiger charge is 2.51. The molecule has 0 radical (unpaired) electrons. The topological polar surface area (TPSA) is 218 Å². The second kappa shape index (κ2) is 12.5. The van der Waals surface area contributed by atoms with Crippen LogP contribution in [-0.4, -0.2) is 119 Å². The van der Waals surface area contributed by atoms with Crippen molar-refractivity contribution >= 4 is 17.7 Å². The molecular formula is C21H30N4O11. The minimum atomic E-state index is -1.73. The van der Waals surface area contributed by atoms with E-state index in [1.807, 2.05) is 0 Å². The Bertz CT molecular complexity index is 907. The number of carbonyl (C=O) groups is 3. The van der Waals surface area contributed by atoms with Crippen molar-refractivity contribution in [2.45, 2.75) is 62.0 Å². The summed E-state index contributed by atoms with van der Waals surface area (Å²) >= 11 is 0. The van der Waals surface area contributed by atoms with E-state index in [0.717, 1.165) is 0 Å². The third-order valence-corrected chi connectivity index (χ3v) is 5.76. The molecule has 0 bridgehead atoms. The van der Waals surface area contributed by atoms with Gasteiger partial charge in [0, 0.05) is 26.4 Å². The molecule has 0 aromatic carbocycles. The summed E-state index contributed by atoms with van der Waals surface area (Å²) in [6.07, 6.45) is -9.03. The zero-order valence-electron chi connectivity index (χ0n) is 19.5. The highest BCUT2D eigenvalue weighted by atomic mass is 16.7. The molecule has 1 aromatic rings. The minimum Gasteiger partial charge on any atom is -0.394 e. The number of amides is 3. The molecule has 1 aromatic heterocycles. The summed E-state index contributed by atoms with van der Waals surface area (Å²) in [6, 6.07) is 2.10. The van der Waals surface area contributed by atoms with Gasteiger partial charge in [0.2, 0.25) is 5.91 Å². The van der Waals surface area contributed by atoms with E-state index in [9.17, 15) is 34.8 Å². The van der Waals surface area contributed by atoms with Gasteiger partial charge in [-0.3, -0.25) is 30.2 Å². The zero-order valence-corrected chi connectivity index (χ0v) is 19.5. The Hall–Kier alpha value is -2.76. The number of hydrogen-bond donors (Lipinski definition) is 7. The van der Waals surface area contributed by atoms with Crippen LogP contribution < -0.4 is 16.2 Å². The molecule has 0 spiro atoms. The summed E-state index contributed by atoms with van der Waals surface area (Å²) in [6.45, 7) is 0.543. The number of aromatic nitrogens is 1. The van der Waals surface area contributed by atoms with Gasteiger partial charge in [0.15, 0.2) is 12.4 Å². The molecule has 2 aliphatic heterocycles. The molecule has 9 atom stereocenters. The maximum atomic E-state index is 12.8. The zero-order chi connectivity index (χ0) is 26.4. The van der Waals surface area contributed by atoms with Crippen molar-refractivity contribution in [1.82, 2.24) is 21.2 Å². The fourth-order valence-electron chi connectivity index (χ4n) is 3.93. The molecule has 2 aliphatic rings. The van der Waals surface area contributed by atoms with Crippen LogP contribution in [0.3, 0.4) is 0 Å². The molecule has 36 heavy (non-hydrogen) atoms. The average Bonchev–Trinajstić information content (AvgIpc) is 2.87. The Balaban J connectivity index is 1.73. The van der Waals surface area contributed by atoms with Crippen molar-refractivity contribution in [2.24, 2.45) is 0 Å². The van der Waals surface area contributed by atoms with Crippen molar-refractivity contribution in [1.29, 1.82) is 0 Å². The first-order chi connectivity index (χ1) is 17.2. The summed E-state index contributed by atoms with van der Waals surface area (Å²) in [5.41, 5.74) is 4.50. The van der Waals surface area contributed by atoms with E-state index in [4.69, 9.17) is 18.9 Å². The largest absolute Gasteiger partial charge is 0.394 e. The summed E-state index contributed by atoms with van der Waals surface area (Å²) < 4.78 is 21.8. The molecule has 0 saturated carbocycles. The van der Waals surface area contributed by atoms with Gasteiger partial charge < -0.3 is 44.7 Å². The third-order valence-electron chi connectivity index (χ3n) is 5.76. The Morgan fingerprint density at radius 2 is 1.89 bits per heavy atom. The number of methoxy groups -OCH3 is 1. The Morgan fingerprint density at radius 3 is 2.50 bits per heavy atom. The van der Waals surface area contributed by atoms with E-state index in [1.165, 1.54) is 38.6 Å². The lowest BCUT2D eigenvalue weighted by molar-refractivity contribution is -0.322. The number of rotatable bonds is 7. The van der Waals surface area contributed by atoms with Crippen molar-refractivity contribution in [3.8, 4) is 0 Å². The van der Waals surface area contributed by atoms with Gasteiger partial charge in [0.1, 0.15) is 36.6 Å². The van der Waals surface area contributed by atoms with Gasteiger partial charge >= 0.3 is 0 Å². The number of aliphatic hydroxyl groups is 4. The highest BCUT2D eigenvalue weighted by Crippen LogP contribution is 2.28. The quantitative estimate of drug-likeness (QED) is 0.173. The smallest absolute Gasteiger partial charge is 0.271 e. The van der Waals surface area contributed by atoms with Gasteiger partial charge in [-0.2, -0.15) is 0 Å². The second-order valence-electron chi connectivity index (χ2n) is 8.24. The first-order valence-corrected chi connectivity index (χ1v) is 11.1. The van der Waals surface area contributed by atoms with Gasteiger partial charge in [0.05, 0.1) is 24.8 Å². The predicted molar refractivity (Wildman–Crippen MR) is 117 cm³/mol. The highest BCUT2D eigenvalue weighted by molar-refractivity contribution is 5.95. The molecule has 3 amide bonds. The minimum absolute atomic E-state index is 0.136. The van der Waals surface area contributed by atoms with Crippen molar-refractivity contribution in [2.75, 3.05) is 20.3 Å². The maximum absolute atomic E-state index is 12.8. The number of carbonyl (C=O) groups excluding carboxylic acids is 3. The number of pyridine rings is 1. The van der Waals surface area contributed by atoms with Crippen LogP contribution in [0.4, 0.5) is 0 Å². The van der Waals surface area contributed by atoms with Gasteiger partial charge in [-0.25, -0.2) is 0 Å². The molecular weight excluding hydrogens is 484 g/mol. The summed E-state index contributed by atoms with van der Waals surface area (Å²) in [5.74, 6) is -2.07. The van der Waals surface area contributed by atoms with Crippen LogP contribution in [0.15, 0.2) is 24.5 Å². The van der Waals surface area contributed by atoms with Crippen molar-refractivity contribution in [3.05, 3.63) is 30.1 Å². The van der Waals surface area contributed by atoms with Crippen LogP contribution in [0.1, 0.15) is 17.3 Å². The molecule has 3 rings (SSSR count). The number of nitrogens with zero attached hydrogens (tertiary/aromatic N) is 1. The van der Waals surface area contributed by atoms with Crippen LogP contribution in [0.2, 0.25) is 0 Å². The van der Waals surface area contributed by atoms with Crippen LogP contribution in [0, 0.1) is 0 Å². The maximum Gasteiger partial charge on any atom is 0.271 e. The Labute approximate surface area is 205 Å². The molecule has 7 N–H and O–H groups in total. The average molecular weight is 514 g/mol. The summed E-state index contributed by atoms with van der Waals surface area (Å²) in [4.78, 5) is 40.4. The van der Waals surface area contributed by atoms with Crippen LogP contribution in [0.5, 0.6) is 0 Å². The predicted octanol–water partition coefficient (Wildman–Crippen LogP) is -4.05. The molecule has 15 nitrogen and oxygen atoms in total. The van der Waals surface area contributed by atoms with Gasteiger partial charge in [-0.1, -0.05) is 0 Å². The van der Waals surface area contributed by atoms with E-state index in [2.05, 4.69) is 21.2 Å². The number of hydrazine groups is 1. The standard InChI is InChI=1S/C21H30N4O11/c1-9(27)23-11-8-34-12(7-26)13(28)16(11)35-21-15(30)14(29)17(33-2)18(36-21)20(32)25-24-19(31)10-4-3-5-22-6-10/h3-6,11-18,21,26,28-30H,7-8H2,1-2H3,(H,23,27)(H,24,31)(H,25,32)/t11-,12+,13+,14+,15+,16+,17-,18-,21+/m0/s1. The number of aliphatic hydroxyl groups excluding tert-OH is 4. The summed E-state index contributed by atoms with van der Waals surface area (Å²) in [5, 5.41) is 43.8. The number of nitrogens with one attached hydrogen (secondary N) is 3. The van der Waals surface area contributed by atoms with Crippen LogP contribution >= 0.6 is 0 Å². The number of hydrogen-bond acceptors (Lipinski definition) is 12. The van der Waals surface area contributed by atoms with Gasteiger partial charge in [0.25, 0.3) is 11.8 Å². The molecule has 2 fully saturated rings. The normalized spacial score (nSPS) is 34.4. The fraction of sp³-hybridized carbons (Fsp3) is 0.619. The molecule has 3 heterocycles. The first-order valence-electron chi connectivity index (χ1n) is 11.1. The molecule has 0 unspecified atom stereocenters. The van der Waals surface area contributed by atoms with Crippen molar-refractivity contribution < 1.29 is 53.8 Å². The lowest BCUT2D eigenvalue weighted by Crippen LogP contribution is -2.67. The molecule has 200 valence electrons. The monoisotopic (exact) mass is 514 g/mol. The lowest BCUT2D eigenvalue weighted by atomic mass is 9.96. The molecule has 0 aliphatic carbocycles. The SMILES string of the molecule is CO[C@H]1[C@H](O)[C@@H](O)[C@H](O[C@H]2[C@H](O)[C@@H](CO)OC[C@@H]2NC(C)=O)O[C@@H]1C(=O)NNC(=O)c1cccnc1. The van der Waals surface area contributed by atoms with E-state index in [-0.39, 0.29) is 12.2 Å². The Morgan fingerprint density at radius 1 is 1.14 bits per heavy atom. The van der Waals surface area contributed by atoms with E-state index in [1.54, 1.807) is 0 Å². The van der Waals surface area contributed by atoms with Crippen LogP contribution in [-0.2, 0) is 28.5 Å². The van der Waals surface area contributed by atoms with Crippen molar-refractivity contribution in [3.63, 3.8) is 0 Å². The molecule has 15 heteroatoms. The Kier molecular flexibility index (Phi) is 9.63. The van der Waals surface area contributed by atoms with Crippen LogP contribution in [0.25, 0.3) is 0 Å². The number of ether oxygens (including phenoxy) is 4. The van der Waals surface area contributed by atoms with E-state index >= 15 is 0 Å². The first kappa shape index (κ1) is 27.8. The third kappa shape index (κ3) is 6.32.